The summed E-state index contributed by atoms with van der Waals surface area (Å²) < 4.78 is -1.91. The fourth-order valence-corrected chi connectivity index (χ4v) is 2.05. The summed E-state index contributed by atoms with van der Waals surface area (Å²) in [5.74, 6) is -1.32. The Labute approximate surface area is 131 Å². The molecule has 0 spiro atoms. The summed E-state index contributed by atoms with van der Waals surface area (Å²) in [6.45, 7) is 3.73. The van der Waals surface area contributed by atoms with Gasteiger partial charge in [0.05, 0.1) is 0 Å². The molecule has 0 unspecified atom stereocenters. The van der Waals surface area contributed by atoms with Crippen molar-refractivity contribution in [3.63, 3.8) is 0 Å². The first kappa shape index (κ1) is 17.9. The molecule has 0 heterocycles. The van der Waals surface area contributed by atoms with Crippen LogP contribution in [-0.4, -0.2) is 15.4 Å². The minimum Gasteiger partial charge on any atom is -0.479 e. The zero-order valence-corrected chi connectivity index (χ0v) is 12.8. The Morgan fingerprint density at radius 3 is 2.06 bits per heavy atom. The molecule has 1 aromatic rings. The van der Waals surface area contributed by atoms with Crippen LogP contribution in [0.15, 0.2) is 24.8 Å². The molecule has 0 aromatic heterocycles. The van der Waals surface area contributed by atoms with Crippen LogP contribution in [0.3, 0.4) is 0 Å². The molecule has 0 fully saturated rings. The number of carbonyl (C=O) groups is 1. The Balaban J connectivity index is 0.00000289. The van der Waals surface area contributed by atoms with Crippen molar-refractivity contribution >= 4 is 70.4 Å². The predicted molar refractivity (Wildman–Crippen MR) is 79.4 cm³/mol. The van der Waals surface area contributed by atoms with E-state index in [2.05, 4.69) is 6.58 Å². The van der Waals surface area contributed by atoms with Gasteiger partial charge >= 0.3 is 5.97 Å². The van der Waals surface area contributed by atoms with Gasteiger partial charge in [-0.05, 0) is 29.3 Å². The highest BCUT2D eigenvalue weighted by molar-refractivity contribution is 6.57. The first-order valence-corrected chi connectivity index (χ1v) is 5.99. The highest BCUT2D eigenvalue weighted by Gasteiger charge is 2.34. The van der Waals surface area contributed by atoms with E-state index in [-0.39, 0.29) is 18.8 Å². The molecule has 100 valence electrons. The summed E-state index contributed by atoms with van der Waals surface area (Å²) in [6, 6.07) is 4.79. The molecule has 18 heavy (non-hydrogen) atoms. The molecular weight excluding hydrogens is 341 g/mol. The zero-order valence-electron chi connectivity index (χ0n) is 8.92. The van der Waals surface area contributed by atoms with E-state index in [9.17, 15) is 4.79 Å². The van der Waals surface area contributed by atoms with Gasteiger partial charge in [0.2, 0.25) is 4.33 Å². The highest BCUT2D eigenvalue weighted by atomic mass is 35.5. The normalized spacial score (nSPS) is 10.7. The second kappa shape index (κ2) is 6.88. The van der Waals surface area contributed by atoms with Crippen molar-refractivity contribution in [1.29, 1.82) is 0 Å². The molecule has 0 aliphatic rings. The zero-order chi connectivity index (χ0) is 13.2. The third-order valence-electron chi connectivity index (χ3n) is 2.02. The van der Waals surface area contributed by atoms with Crippen molar-refractivity contribution in [3.8, 4) is 0 Å². The number of aliphatic carboxylic acids is 1. The number of rotatable bonds is 4. The number of hydrogen-bond acceptors (Lipinski definition) is 1. The maximum atomic E-state index is 10.8. The van der Waals surface area contributed by atoms with Crippen molar-refractivity contribution in [3.05, 3.63) is 40.4 Å². The van der Waals surface area contributed by atoms with E-state index in [4.69, 9.17) is 51.5 Å². The smallest absolute Gasteiger partial charge is 0.340 e. The van der Waals surface area contributed by atoms with E-state index >= 15 is 0 Å². The van der Waals surface area contributed by atoms with Crippen LogP contribution in [0.2, 0.25) is 10.0 Å². The summed E-state index contributed by atoms with van der Waals surface area (Å²) in [7, 11) is 0. The van der Waals surface area contributed by atoms with Gasteiger partial charge < -0.3 is 5.11 Å². The van der Waals surface area contributed by atoms with Crippen LogP contribution >= 0.6 is 58.8 Å². The van der Waals surface area contributed by atoms with Crippen LogP contribution in [0.5, 0.6) is 0 Å². The molecule has 2 nitrogen and oxygen atoms in total. The van der Waals surface area contributed by atoms with Crippen LogP contribution in [0, 0.1) is 0 Å². The van der Waals surface area contributed by atoms with Gasteiger partial charge in [0, 0.05) is 16.5 Å². The van der Waals surface area contributed by atoms with Gasteiger partial charge in [-0.15, -0.1) is 12.4 Å². The topological polar surface area (TPSA) is 37.3 Å². The largest absolute Gasteiger partial charge is 0.479 e. The molecule has 1 rings (SSSR count). The van der Waals surface area contributed by atoms with Gasteiger partial charge in [0.25, 0.3) is 0 Å². The first-order chi connectivity index (χ1) is 7.72. The Morgan fingerprint density at radius 1 is 1.22 bits per heavy atom. The first-order valence-electron chi connectivity index (χ1n) is 4.48. The second-order valence-electron chi connectivity index (χ2n) is 3.45. The van der Waals surface area contributed by atoms with E-state index in [0.717, 1.165) is 0 Å². The molecule has 0 saturated carbocycles. The van der Waals surface area contributed by atoms with Crippen LogP contribution in [-0.2, 0) is 4.79 Å². The Kier molecular flexibility index (Phi) is 6.83. The van der Waals surface area contributed by atoms with Gasteiger partial charge in [0.15, 0.2) is 0 Å². The average Bonchev–Trinajstić information content (AvgIpc) is 2.15. The molecule has 0 amide bonds. The quantitative estimate of drug-likeness (QED) is 0.769. The fourth-order valence-electron chi connectivity index (χ4n) is 1.20. The summed E-state index contributed by atoms with van der Waals surface area (Å²) in [4.78, 5) is 10.8. The Bertz CT molecular complexity index is 450. The number of carboxylic acid groups (broad SMARTS) is 1. The molecular formula is C11H9Cl5O2. The van der Waals surface area contributed by atoms with Gasteiger partial charge in [-0.1, -0.05) is 53.0 Å². The third kappa shape index (κ3) is 4.87. The number of halogens is 5. The van der Waals surface area contributed by atoms with Crippen LogP contribution in [0.1, 0.15) is 12.0 Å². The van der Waals surface area contributed by atoms with E-state index < -0.39 is 10.3 Å². The van der Waals surface area contributed by atoms with E-state index in [0.29, 0.717) is 21.2 Å². The number of alkyl halides is 2. The maximum Gasteiger partial charge on any atom is 0.340 e. The lowest BCUT2D eigenvalue weighted by atomic mass is 10.0. The van der Waals surface area contributed by atoms with Crippen LogP contribution in [0.25, 0.3) is 5.57 Å². The van der Waals surface area contributed by atoms with Gasteiger partial charge in [-0.3, -0.25) is 0 Å². The number of allylic oxidation sites excluding steroid dienone is 1. The number of hydrogen-bond donors (Lipinski definition) is 1. The van der Waals surface area contributed by atoms with E-state index in [1.165, 1.54) is 0 Å². The second-order valence-corrected chi connectivity index (χ2v) is 5.80. The monoisotopic (exact) mass is 348 g/mol. The number of carboxylic acids is 1. The van der Waals surface area contributed by atoms with Crippen molar-refractivity contribution in [2.45, 2.75) is 10.8 Å². The molecule has 0 aliphatic carbocycles. The van der Waals surface area contributed by atoms with Crippen molar-refractivity contribution < 1.29 is 9.90 Å². The average molecular weight is 350 g/mol. The molecule has 0 radical (unpaired) electrons. The minimum absolute atomic E-state index is 0. The lowest BCUT2D eigenvalue weighted by Gasteiger charge is -2.16. The Hall–Kier alpha value is -0.120. The minimum atomic E-state index is -1.91. The summed E-state index contributed by atoms with van der Waals surface area (Å²) in [5, 5.41) is 9.65. The van der Waals surface area contributed by atoms with Gasteiger partial charge in [-0.2, -0.15) is 0 Å². The SMILES string of the molecule is C=C(CC(Cl)(Cl)C(=O)O)c1cc(Cl)cc(Cl)c1.Cl. The highest BCUT2D eigenvalue weighted by Crippen LogP contribution is 2.34. The summed E-state index contributed by atoms with van der Waals surface area (Å²) in [6.07, 6.45) is -0.123. The molecule has 1 N–H and O–H groups in total. The van der Waals surface area contributed by atoms with E-state index in [1.54, 1.807) is 18.2 Å². The van der Waals surface area contributed by atoms with Crippen molar-refractivity contribution in [1.82, 2.24) is 0 Å². The van der Waals surface area contributed by atoms with Crippen LogP contribution in [0.4, 0.5) is 0 Å². The molecule has 0 bridgehead atoms. The maximum absolute atomic E-state index is 10.8. The lowest BCUT2D eigenvalue weighted by Crippen LogP contribution is -2.25. The van der Waals surface area contributed by atoms with Crippen molar-refractivity contribution in [2.75, 3.05) is 0 Å². The molecule has 7 heteroatoms. The van der Waals surface area contributed by atoms with Crippen molar-refractivity contribution in [2.24, 2.45) is 0 Å². The number of benzene rings is 1. The molecule has 0 saturated heterocycles. The fraction of sp³-hybridized carbons (Fsp3) is 0.182. The Morgan fingerprint density at radius 2 is 1.67 bits per heavy atom. The summed E-state index contributed by atoms with van der Waals surface area (Å²) in [5.41, 5.74) is 1.05. The third-order valence-corrected chi connectivity index (χ3v) is 3.05. The molecule has 1 aromatic carbocycles. The van der Waals surface area contributed by atoms with Gasteiger partial charge in [-0.25, -0.2) is 4.79 Å². The molecule has 0 atom stereocenters. The predicted octanol–water partition coefficient (Wildman–Crippen LogP) is 5.08. The molecule has 0 aliphatic heterocycles. The summed E-state index contributed by atoms with van der Waals surface area (Å²) >= 11 is 22.9. The lowest BCUT2D eigenvalue weighted by molar-refractivity contribution is -0.137. The van der Waals surface area contributed by atoms with Gasteiger partial charge in [0.1, 0.15) is 0 Å². The van der Waals surface area contributed by atoms with E-state index in [1.807, 2.05) is 0 Å². The standard InChI is InChI=1S/C11H8Cl4O2.ClH/c1-6(5-11(14,15)10(16)17)7-2-8(12)4-9(13)3-7;/h2-4H,1,5H2,(H,16,17);1H. The van der Waals surface area contributed by atoms with Crippen LogP contribution < -0.4 is 0 Å².